The number of hydrogen-bond donors (Lipinski definition) is 1. The summed E-state index contributed by atoms with van der Waals surface area (Å²) >= 11 is 0. The molecule has 142 valence electrons. The molecule has 7 nitrogen and oxygen atoms in total. The molecule has 0 saturated carbocycles. The van der Waals surface area contributed by atoms with Gasteiger partial charge in [0.15, 0.2) is 6.61 Å². The zero-order valence-electron chi connectivity index (χ0n) is 14.7. The summed E-state index contributed by atoms with van der Waals surface area (Å²) in [5, 5.41) is 11.3. The molecule has 0 radical (unpaired) electrons. The number of halogens is 1. The van der Waals surface area contributed by atoms with Crippen molar-refractivity contribution in [1.29, 1.82) is 5.26 Å². The maximum atomic E-state index is 13.9. The van der Waals surface area contributed by atoms with E-state index in [9.17, 15) is 18.8 Å². The molecule has 1 saturated heterocycles. The number of anilines is 2. The Morgan fingerprint density at radius 3 is 2.61 bits per heavy atom. The van der Waals surface area contributed by atoms with E-state index in [-0.39, 0.29) is 24.6 Å². The number of benzene rings is 2. The van der Waals surface area contributed by atoms with Gasteiger partial charge in [-0.15, -0.1) is 0 Å². The molecule has 1 fully saturated rings. The summed E-state index contributed by atoms with van der Waals surface area (Å²) in [6.45, 7) is -0.515. The van der Waals surface area contributed by atoms with Crippen molar-refractivity contribution in [2.24, 2.45) is 5.92 Å². The fourth-order valence-electron chi connectivity index (χ4n) is 2.85. The van der Waals surface area contributed by atoms with Crippen molar-refractivity contribution in [1.82, 2.24) is 0 Å². The largest absolute Gasteiger partial charge is 0.455 e. The third-order valence-electron chi connectivity index (χ3n) is 4.24. The molecule has 0 aliphatic carbocycles. The van der Waals surface area contributed by atoms with Gasteiger partial charge in [0.25, 0.3) is 5.91 Å². The molecular weight excluding hydrogens is 365 g/mol. The van der Waals surface area contributed by atoms with Gasteiger partial charge in [0.05, 0.1) is 23.2 Å². The van der Waals surface area contributed by atoms with E-state index in [0.29, 0.717) is 11.3 Å². The number of carbonyl (C=O) groups is 3. The van der Waals surface area contributed by atoms with Crippen LogP contribution in [0.15, 0.2) is 48.5 Å². The normalized spacial score (nSPS) is 15.8. The summed E-state index contributed by atoms with van der Waals surface area (Å²) in [5.74, 6) is -2.94. The van der Waals surface area contributed by atoms with E-state index in [1.165, 1.54) is 23.1 Å². The van der Waals surface area contributed by atoms with E-state index in [1.54, 1.807) is 30.3 Å². The average molecular weight is 381 g/mol. The number of para-hydroxylation sites is 1. The first kappa shape index (κ1) is 19.0. The number of nitrogens with one attached hydrogen (secondary N) is 1. The number of nitriles is 1. The Labute approximate surface area is 160 Å². The highest BCUT2D eigenvalue weighted by Crippen LogP contribution is 2.27. The van der Waals surface area contributed by atoms with Crippen molar-refractivity contribution >= 4 is 29.2 Å². The molecule has 0 aromatic heterocycles. The van der Waals surface area contributed by atoms with Crippen molar-refractivity contribution in [2.75, 3.05) is 23.4 Å². The number of ether oxygens (including phenoxy) is 1. The van der Waals surface area contributed by atoms with Crippen molar-refractivity contribution in [2.45, 2.75) is 6.42 Å². The lowest BCUT2D eigenvalue weighted by Gasteiger charge is -2.17. The average Bonchev–Trinajstić information content (AvgIpc) is 3.08. The molecular formula is C20H16FN3O4. The van der Waals surface area contributed by atoms with E-state index in [4.69, 9.17) is 10.00 Å². The minimum absolute atomic E-state index is 0.00413. The summed E-state index contributed by atoms with van der Waals surface area (Å²) in [6.07, 6.45) is -0.107. The third-order valence-corrected chi connectivity index (χ3v) is 4.24. The number of hydrogen-bond acceptors (Lipinski definition) is 5. The summed E-state index contributed by atoms with van der Waals surface area (Å²) in [4.78, 5) is 37.4. The minimum Gasteiger partial charge on any atom is -0.455 e. The molecule has 8 heteroatoms. The van der Waals surface area contributed by atoms with Gasteiger partial charge in [0, 0.05) is 18.7 Å². The zero-order valence-corrected chi connectivity index (χ0v) is 14.7. The fraction of sp³-hybridized carbons (Fsp3) is 0.200. The Balaban J connectivity index is 1.52. The van der Waals surface area contributed by atoms with Crippen molar-refractivity contribution in [3.05, 3.63) is 59.9 Å². The van der Waals surface area contributed by atoms with Gasteiger partial charge in [-0.05, 0) is 36.4 Å². The Bertz CT molecular complexity index is 953. The van der Waals surface area contributed by atoms with E-state index < -0.39 is 30.2 Å². The van der Waals surface area contributed by atoms with Crippen LogP contribution in [0.4, 0.5) is 15.8 Å². The number of rotatable bonds is 5. The topological polar surface area (TPSA) is 99.5 Å². The first-order valence-corrected chi connectivity index (χ1v) is 8.49. The van der Waals surface area contributed by atoms with Gasteiger partial charge >= 0.3 is 5.97 Å². The number of esters is 1. The van der Waals surface area contributed by atoms with E-state index in [0.717, 1.165) is 0 Å². The Kier molecular flexibility index (Phi) is 5.65. The number of carbonyl (C=O) groups excluding carboxylic acids is 3. The van der Waals surface area contributed by atoms with Crippen LogP contribution >= 0.6 is 0 Å². The van der Waals surface area contributed by atoms with Crippen LogP contribution in [0.1, 0.15) is 12.0 Å². The summed E-state index contributed by atoms with van der Waals surface area (Å²) < 4.78 is 18.9. The van der Waals surface area contributed by atoms with E-state index in [2.05, 4.69) is 5.32 Å². The number of nitrogens with zero attached hydrogens (tertiary/aromatic N) is 2. The maximum absolute atomic E-state index is 13.9. The summed E-state index contributed by atoms with van der Waals surface area (Å²) in [6, 6.07) is 14.0. The molecule has 2 aromatic rings. The summed E-state index contributed by atoms with van der Waals surface area (Å²) in [7, 11) is 0. The fourth-order valence-corrected chi connectivity index (χ4v) is 2.85. The van der Waals surface area contributed by atoms with E-state index in [1.807, 2.05) is 6.07 Å². The van der Waals surface area contributed by atoms with Gasteiger partial charge in [-0.2, -0.15) is 5.26 Å². The second-order valence-electron chi connectivity index (χ2n) is 6.20. The van der Waals surface area contributed by atoms with Gasteiger partial charge in [-0.3, -0.25) is 14.4 Å². The molecule has 2 amide bonds. The molecule has 3 rings (SSSR count). The minimum atomic E-state index is -0.769. The van der Waals surface area contributed by atoms with Gasteiger partial charge in [-0.25, -0.2) is 4.39 Å². The Morgan fingerprint density at radius 2 is 1.93 bits per heavy atom. The molecule has 1 heterocycles. The van der Waals surface area contributed by atoms with Crippen molar-refractivity contribution in [3.8, 4) is 6.07 Å². The summed E-state index contributed by atoms with van der Waals surface area (Å²) in [5.41, 5.74) is 1.03. The van der Waals surface area contributed by atoms with Crippen LogP contribution in [-0.2, 0) is 19.1 Å². The first-order chi connectivity index (χ1) is 13.5. The van der Waals surface area contributed by atoms with E-state index >= 15 is 0 Å². The lowest BCUT2D eigenvalue weighted by molar-refractivity contribution is -0.151. The van der Waals surface area contributed by atoms with Crippen LogP contribution < -0.4 is 10.2 Å². The van der Waals surface area contributed by atoms with Crippen LogP contribution in [0.3, 0.4) is 0 Å². The molecule has 1 aliphatic rings. The molecule has 28 heavy (non-hydrogen) atoms. The lowest BCUT2D eigenvalue weighted by Crippen LogP contribution is -2.28. The van der Waals surface area contributed by atoms with Crippen LogP contribution in [-0.4, -0.2) is 30.9 Å². The Hall–Kier alpha value is -3.73. The maximum Gasteiger partial charge on any atom is 0.311 e. The second kappa shape index (κ2) is 8.31. The smallest absolute Gasteiger partial charge is 0.311 e. The lowest BCUT2D eigenvalue weighted by atomic mass is 10.1. The molecule has 0 spiro atoms. The molecule has 2 aromatic carbocycles. The molecule has 1 N–H and O–H groups in total. The highest BCUT2D eigenvalue weighted by atomic mass is 19.1. The van der Waals surface area contributed by atoms with Gasteiger partial charge < -0.3 is 15.0 Å². The first-order valence-electron chi connectivity index (χ1n) is 8.49. The van der Waals surface area contributed by atoms with Crippen LogP contribution in [0.25, 0.3) is 0 Å². The highest BCUT2D eigenvalue weighted by Gasteiger charge is 2.37. The second-order valence-corrected chi connectivity index (χ2v) is 6.20. The van der Waals surface area contributed by atoms with Crippen LogP contribution in [0.5, 0.6) is 0 Å². The van der Waals surface area contributed by atoms with Crippen LogP contribution in [0, 0.1) is 23.1 Å². The monoisotopic (exact) mass is 381 g/mol. The van der Waals surface area contributed by atoms with Crippen LogP contribution in [0.2, 0.25) is 0 Å². The highest BCUT2D eigenvalue weighted by molar-refractivity contribution is 6.00. The van der Waals surface area contributed by atoms with Gasteiger partial charge in [0.2, 0.25) is 5.91 Å². The molecule has 1 aliphatic heterocycles. The predicted octanol–water partition coefficient (Wildman–Crippen LogP) is 2.23. The quantitative estimate of drug-likeness (QED) is 0.801. The number of amides is 2. The van der Waals surface area contributed by atoms with Gasteiger partial charge in [-0.1, -0.05) is 12.1 Å². The zero-order chi connectivity index (χ0) is 20.1. The predicted molar refractivity (Wildman–Crippen MR) is 97.6 cm³/mol. The van der Waals surface area contributed by atoms with Crippen molar-refractivity contribution < 1.29 is 23.5 Å². The molecule has 1 atom stereocenters. The van der Waals surface area contributed by atoms with Gasteiger partial charge in [0.1, 0.15) is 5.82 Å². The van der Waals surface area contributed by atoms with Crippen molar-refractivity contribution in [3.63, 3.8) is 0 Å². The third kappa shape index (κ3) is 4.32. The molecule has 0 unspecified atom stereocenters. The Morgan fingerprint density at radius 1 is 1.21 bits per heavy atom. The SMILES string of the molecule is N#Cc1ccc(NC(=O)COC(=O)[C@@H]2CC(=O)N(c3ccccc3F)C2)cc1. The molecule has 0 bridgehead atoms. The standard InChI is InChI=1S/C20H16FN3O4/c21-16-3-1-2-4-17(16)24-11-14(9-19(24)26)20(27)28-12-18(25)23-15-7-5-13(10-22)6-8-15/h1-8,14H,9,11-12H2,(H,23,25)/t14-/m1/s1.